The van der Waals surface area contributed by atoms with Crippen LogP contribution in [0, 0.1) is 0 Å². The lowest BCUT2D eigenvalue weighted by molar-refractivity contribution is -0.224. The number of methoxy groups -OCH3 is 1. The zero-order valence-electron chi connectivity index (χ0n) is 12.7. The van der Waals surface area contributed by atoms with Gasteiger partial charge in [-0.15, -0.1) is 0 Å². The average Bonchev–Trinajstić information content (AvgIpc) is 2.82. The summed E-state index contributed by atoms with van der Waals surface area (Å²) in [5.74, 6) is -1.49. The summed E-state index contributed by atoms with van der Waals surface area (Å²) < 4.78 is 31.5. The van der Waals surface area contributed by atoms with Gasteiger partial charge in [-0.1, -0.05) is 6.58 Å². The number of phosphoric acid groups is 1. The van der Waals surface area contributed by atoms with Crippen molar-refractivity contribution in [2.24, 2.45) is 0 Å². The van der Waals surface area contributed by atoms with E-state index in [1.807, 2.05) is 0 Å². The van der Waals surface area contributed by atoms with Crippen molar-refractivity contribution in [2.45, 2.75) is 24.7 Å². The molecule has 4 atom stereocenters. The highest BCUT2D eigenvalue weighted by atomic mass is 31.2. The van der Waals surface area contributed by atoms with Gasteiger partial charge in [0.2, 0.25) is 5.79 Å². The van der Waals surface area contributed by atoms with Crippen LogP contribution >= 0.6 is 7.82 Å². The highest BCUT2D eigenvalue weighted by Crippen LogP contribution is 2.46. The minimum Gasteiger partial charge on any atom is -0.370 e. The molecule has 0 aromatic heterocycles. The SMILES string of the molecule is C=C1CC(N2C=CC(O)NC2=O)OC1(COP(=O)(O)OC)OC. The third kappa shape index (κ3) is 3.81. The second-order valence-corrected chi connectivity index (χ2v) is 6.47. The molecule has 0 spiro atoms. The smallest absolute Gasteiger partial charge is 0.370 e. The van der Waals surface area contributed by atoms with Crippen molar-refractivity contribution in [3.63, 3.8) is 0 Å². The standard InChI is InChI=1S/C12H19N2O8P/c1-8-6-10(14-5-4-9(15)13-11(14)16)22-12(8,19-2)7-21-23(17,18)20-3/h4-5,9-10,15H,1,6-7H2,2-3H3,(H,13,16)(H,17,18). The molecule has 1 fully saturated rings. The number of phosphoric ester groups is 1. The largest absolute Gasteiger partial charge is 0.472 e. The zero-order valence-corrected chi connectivity index (χ0v) is 13.6. The van der Waals surface area contributed by atoms with Gasteiger partial charge in [0.25, 0.3) is 0 Å². The Hall–Kier alpha value is -1.26. The molecule has 11 heteroatoms. The number of carbonyl (C=O) groups excluding carboxylic acids is 1. The molecule has 2 heterocycles. The molecule has 2 amide bonds. The fourth-order valence-electron chi connectivity index (χ4n) is 2.19. The number of carbonyl (C=O) groups is 1. The number of amides is 2. The molecule has 130 valence electrons. The number of nitrogens with zero attached hydrogens (tertiary/aromatic N) is 1. The fourth-order valence-corrected chi connectivity index (χ4v) is 2.63. The van der Waals surface area contributed by atoms with E-state index in [2.05, 4.69) is 16.4 Å². The van der Waals surface area contributed by atoms with E-state index < -0.39 is 38.7 Å². The normalized spacial score (nSPS) is 33.7. The Kier molecular flexibility index (Phi) is 5.27. The summed E-state index contributed by atoms with van der Waals surface area (Å²) in [6, 6.07) is -0.560. The Labute approximate surface area is 132 Å². The van der Waals surface area contributed by atoms with E-state index in [1.165, 1.54) is 24.3 Å². The third-order valence-corrected chi connectivity index (χ3v) is 4.43. The Morgan fingerprint density at radius 3 is 2.87 bits per heavy atom. The van der Waals surface area contributed by atoms with Gasteiger partial charge in [0.05, 0.1) is 0 Å². The number of hydrogen-bond donors (Lipinski definition) is 3. The number of nitrogens with one attached hydrogen (secondary N) is 1. The van der Waals surface area contributed by atoms with Crippen LogP contribution in [0.1, 0.15) is 6.42 Å². The Bertz CT molecular complexity index is 567. The molecule has 23 heavy (non-hydrogen) atoms. The van der Waals surface area contributed by atoms with Crippen molar-refractivity contribution in [3.8, 4) is 0 Å². The Balaban J connectivity index is 2.12. The predicted octanol–water partition coefficient (Wildman–Crippen LogP) is 0.252. The van der Waals surface area contributed by atoms with E-state index in [9.17, 15) is 19.4 Å². The average molecular weight is 350 g/mol. The van der Waals surface area contributed by atoms with Crippen LogP contribution in [-0.2, 0) is 23.1 Å². The number of aliphatic hydroxyl groups is 1. The van der Waals surface area contributed by atoms with E-state index >= 15 is 0 Å². The number of urea groups is 1. The monoisotopic (exact) mass is 350 g/mol. The van der Waals surface area contributed by atoms with Crippen LogP contribution in [0.15, 0.2) is 24.4 Å². The topological polar surface area (TPSA) is 127 Å². The predicted molar refractivity (Wildman–Crippen MR) is 76.7 cm³/mol. The maximum atomic E-state index is 11.9. The molecule has 2 aliphatic heterocycles. The molecule has 3 N–H and O–H groups in total. The van der Waals surface area contributed by atoms with E-state index in [0.717, 1.165) is 7.11 Å². The third-order valence-electron chi connectivity index (χ3n) is 3.51. The van der Waals surface area contributed by atoms with Crippen LogP contribution in [0.2, 0.25) is 0 Å². The summed E-state index contributed by atoms with van der Waals surface area (Å²) >= 11 is 0. The summed E-state index contributed by atoms with van der Waals surface area (Å²) in [5.41, 5.74) is 0.424. The molecule has 4 unspecified atom stereocenters. The maximum absolute atomic E-state index is 11.9. The maximum Gasteiger partial charge on any atom is 0.472 e. The highest BCUT2D eigenvalue weighted by molar-refractivity contribution is 7.47. The van der Waals surface area contributed by atoms with Gasteiger partial charge in [-0.25, -0.2) is 9.36 Å². The van der Waals surface area contributed by atoms with Gasteiger partial charge < -0.3 is 24.8 Å². The first-order valence-corrected chi connectivity index (χ1v) is 8.12. The number of aliphatic hydroxyl groups excluding tert-OH is 1. The van der Waals surface area contributed by atoms with Crippen LogP contribution in [0.4, 0.5) is 4.79 Å². The summed E-state index contributed by atoms with van der Waals surface area (Å²) in [6.07, 6.45) is 1.12. The van der Waals surface area contributed by atoms with Crippen LogP contribution < -0.4 is 5.32 Å². The summed E-state index contributed by atoms with van der Waals surface area (Å²) in [7, 11) is -1.87. The molecule has 0 saturated carbocycles. The lowest BCUT2D eigenvalue weighted by Crippen LogP contribution is -2.50. The van der Waals surface area contributed by atoms with Crippen molar-refractivity contribution in [3.05, 3.63) is 24.4 Å². The first kappa shape index (κ1) is 18.1. The summed E-state index contributed by atoms with van der Waals surface area (Å²) in [6.45, 7) is 3.37. The second-order valence-electron chi connectivity index (χ2n) is 4.90. The molecule has 0 aliphatic carbocycles. The quantitative estimate of drug-likeness (QED) is 0.460. The van der Waals surface area contributed by atoms with Crippen molar-refractivity contribution >= 4 is 13.9 Å². The van der Waals surface area contributed by atoms with E-state index in [-0.39, 0.29) is 6.42 Å². The Morgan fingerprint density at radius 1 is 1.61 bits per heavy atom. The van der Waals surface area contributed by atoms with E-state index in [0.29, 0.717) is 5.57 Å². The van der Waals surface area contributed by atoms with Gasteiger partial charge in [-0.2, -0.15) is 0 Å². The molecule has 2 aliphatic rings. The van der Waals surface area contributed by atoms with Crippen LogP contribution in [0.3, 0.4) is 0 Å². The molecular weight excluding hydrogens is 331 g/mol. The molecule has 10 nitrogen and oxygen atoms in total. The number of hydrogen-bond acceptors (Lipinski definition) is 7. The van der Waals surface area contributed by atoms with Crippen molar-refractivity contribution in [2.75, 3.05) is 20.8 Å². The van der Waals surface area contributed by atoms with Gasteiger partial charge in [0, 0.05) is 26.8 Å². The minimum atomic E-state index is -4.22. The van der Waals surface area contributed by atoms with E-state index in [1.54, 1.807) is 0 Å². The molecule has 1 saturated heterocycles. The Morgan fingerprint density at radius 2 is 2.30 bits per heavy atom. The zero-order chi connectivity index (χ0) is 17.3. The lowest BCUT2D eigenvalue weighted by atomic mass is 10.1. The van der Waals surface area contributed by atoms with Crippen molar-refractivity contribution in [1.82, 2.24) is 10.2 Å². The molecule has 0 bridgehead atoms. The molecular formula is C12H19N2O8P. The fraction of sp³-hybridized carbons (Fsp3) is 0.583. The molecule has 0 aromatic rings. The highest BCUT2D eigenvalue weighted by Gasteiger charge is 2.48. The van der Waals surface area contributed by atoms with Crippen LogP contribution in [-0.4, -0.2) is 60.0 Å². The van der Waals surface area contributed by atoms with Gasteiger partial charge >= 0.3 is 13.9 Å². The molecule has 2 rings (SSSR count). The first-order valence-electron chi connectivity index (χ1n) is 6.62. The van der Waals surface area contributed by atoms with Gasteiger partial charge in [-0.3, -0.25) is 13.9 Å². The molecule has 0 aromatic carbocycles. The number of rotatable bonds is 6. The summed E-state index contributed by atoms with van der Waals surface area (Å²) in [5, 5.41) is 11.6. The lowest BCUT2D eigenvalue weighted by Gasteiger charge is -2.32. The van der Waals surface area contributed by atoms with Gasteiger partial charge in [0.15, 0.2) is 0 Å². The first-order chi connectivity index (χ1) is 10.7. The van der Waals surface area contributed by atoms with Crippen LogP contribution in [0.5, 0.6) is 0 Å². The minimum absolute atomic E-state index is 0.216. The van der Waals surface area contributed by atoms with Crippen molar-refractivity contribution < 1.29 is 37.9 Å². The van der Waals surface area contributed by atoms with Crippen LogP contribution in [0.25, 0.3) is 0 Å². The molecule has 0 radical (unpaired) electrons. The van der Waals surface area contributed by atoms with E-state index in [4.69, 9.17) is 14.0 Å². The second kappa shape index (κ2) is 6.70. The van der Waals surface area contributed by atoms with Gasteiger partial charge in [0.1, 0.15) is 19.1 Å². The van der Waals surface area contributed by atoms with Crippen molar-refractivity contribution in [1.29, 1.82) is 0 Å². The number of ether oxygens (including phenoxy) is 2. The summed E-state index contributed by atoms with van der Waals surface area (Å²) in [4.78, 5) is 22.4. The van der Waals surface area contributed by atoms with Gasteiger partial charge in [-0.05, 0) is 11.6 Å².